The first-order valence-electron chi connectivity index (χ1n) is 31.5. The molecule has 7 heteroatoms. The van der Waals surface area contributed by atoms with Crippen LogP contribution in [0.3, 0.4) is 0 Å². The van der Waals surface area contributed by atoms with E-state index in [1.54, 1.807) is 0 Å². The maximum absolute atomic E-state index is 10.1. The number of hydrogen-bond donors (Lipinski definition) is 0. The highest BCUT2D eigenvalue weighted by Gasteiger charge is 2.48. The van der Waals surface area contributed by atoms with E-state index in [0.717, 1.165) is 27.4 Å². The standard InChI is InChI=1S/C43H32N2.C41H32Br2.CH2N.I2/c1-41(2)32-19-30-34(42(3,4)36-16-23(22-44)24-12-8-10-14-26(24)39(30)36)17-28(32)29-18-35-31(20-33(29)41)40-27-15-11-9-13-25(27)38(45-7)21-37(40)43(35,5)6;1-39(2)29-17-27-31(40(3,4)33-19-35(42)21-11-7-9-13-23(21)37(27)33)15-25(29)26-16-32-28(18-30(26)39)38-24-14-10-8-12-22(24)36(43)20-34(38)41(32,5)6;2*1-2/h8-21H,1-6H3;7-20H,1-6H3;1H2;/q;;-1;. The number of rotatable bonds is 0. The smallest absolute Gasteiger partial charge is 0.195 e. The second kappa shape index (κ2) is 20.6. The highest BCUT2D eigenvalue weighted by molar-refractivity contribution is 15.0. The summed E-state index contributed by atoms with van der Waals surface area (Å²) in [5.41, 5.74) is 33.2. The number of halogens is 4. The molecule has 12 aromatic rings. The highest BCUT2D eigenvalue weighted by Crippen LogP contribution is 2.64. The summed E-state index contributed by atoms with van der Waals surface area (Å²) < 4.78 is 2.36. The highest BCUT2D eigenvalue weighted by atomic mass is 128. The Hall–Kier alpha value is -7.25. The van der Waals surface area contributed by atoms with Crippen LogP contribution >= 0.6 is 69.1 Å². The summed E-state index contributed by atoms with van der Waals surface area (Å²) in [6.45, 7) is 38.6. The van der Waals surface area contributed by atoms with Crippen LogP contribution in [0.2, 0.25) is 0 Å². The quantitative estimate of drug-likeness (QED) is 0.0848. The van der Waals surface area contributed by atoms with Crippen molar-refractivity contribution in [3.05, 3.63) is 268 Å². The van der Waals surface area contributed by atoms with Crippen molar-refractivity contribution in [1.29, 1.82) is 5.26 Å². The average Bonchev–Trinajstić information content (AvgIpc) is 1.56. The van der Waals surface area contributed by atoms with E-state index in [9.17, 15) is 5.26 Å². The molecule has 12 aromatic carbocycles. The molecule has 0 aliphatic heterocycles. The zero-order valence-corrected chi connectivity index (χ0v) is 61.2. The first-order chi connectivity index (χ1) is 43.9. The lowest BCUT2D eigenvalue weighted by Gasteiger charge is -2.25. The Morgan fingerprint density at radius 2 is 0.565 bits per heavy atom. The Labute approximate surface area is 580 Å². The van der Waals surface area contributed by atoms with Crippen molar-refractivity contribution in [1.82, 2.24) is 0 Å². The van der Waals surface area contributed by atoms with Crippen LogP contribution in [0.15, 0.2) is 179 Å². The number of hydrogen-bond acceptors (Lipinski definition) is 1. The topological polar surface area (TPSA) is 50.5 Å². The summed E-state index contributed by atoms with van der Waals surface area (Å²) in [6.07, 6.45) is 0. The summed E-state index contributed by atoms with van der Waals surface area (Å²) in [5.74, 6) is 0. The molecule has 6 aliphatic carbocycles. The molecule has 0 N–H and O–H groups in total. The van der Waals surface area contributed by atoms with Gasteiger partial charge in [0.25, 0.3) is 0 Å². The van der Waals surface area contributed by atoms with Crippen LogP contribution in [-0.2, 0) is 32.5 Å². The van der Waals surface area contributed by atoms with Gasteiger partial charge in [-0.3, -0.25) is 0 Å². The van der Waals surface area contributed by atoms with Gasteiger partial charge in [-0.25, -0.2) is 11.6 Å². The van der Waals surface area contributed by atoms with Gasteiger partial charge in [-0.05, 0) is 238 Å². The normalized spacial score (nSPS) is 16.4. The summed E-state index contributed by atoms with van der Waals surface area (Å²) in [7, 11) is 0. The van der Waals surface area contributed by atoms with Crippen LogP contribution < -0.4 is 0 Å². The number of fused-ring (bicyclic) bond motifs is 26. The predicted molar refractivity (Wildman–Crippen MR) is 413 cm³/mol. The van der Waals surface area contributed by atoms with Gasteiger partial charge in [-0.2, -0.15) is 5.26 Å². The molecule has 0 fully saturated rings. The molecular weight excluding hydrogens is 1480 g/mol. The minimum atomic E-state index is -0.233. The van der Waals surface area contributed by atoms with E-state index < -0.39 is 0 Å². The van der Waals surface area contributed by atoms with E-state index in [2.05, 4.69) is 328 Å². The van der Waals surface area contributed by atoms with E-state index >= 15 is 0 Å². The maximum atomic E-state index is 10.1. The Morgan fingerprint density at radius 3 is 0.880 bits per heavy atom. The molecule has 6 aliphatic rings. The second-order valence-electron chi connectivity index (χ2n) is 29.2. The molecule has 0 aromatic heterocycles. The lowest BCUT2D eigenvalue weighted by molar-refractivity contribution is 0.649. The van der Waals surface area contributed by atoms with Crippen LogP contribution in [0, 0.1) is 17.9 Å². The molecule has 0 atom stereocenters. The van der Waals surface area contributed by atoms with Crippen molar-refractivity contribution in [2.45, 2.75) is 116 Å². The molecule has 0 amide bonds. The molecule has 0 unspecified atom stereocenters. The Kier molecular flexibility index (Phi) is 13.7. The third kappa shape index (κ3) is 7.89. The van der Waals surface area contributed by atoms with E-state index in [4.69, 9.17) is 12.0 Å². The van der Waals surface area contributed by atoms with E-state index in [1.807, 2.05) is 12.1 Å². The zero-order chi connectivity index (χ0) is 65.0. The molecule has 92 heavy (non-hydrogen) atoms. The molecule has 0 saturated heterocycles. The molecule has 0 heterocycles. The average molecular weight is 1540 g/mol. The zero-order valence-electron chi connectivity index (χ0n) is 53.7. The van der Waals surface area contributed by atoms with E-state index in [0.29, 0.717) is 0 Å². The number of nitrogens with zero attached hydrogens (tertiary/aromatic N) is 3. The van der Waals surface area contributed by atoms with Crippen molar-refractivity contribution in [2.75, 3.05) is 0 Å². The van der Waals surface area contributed by atoms with Gasteiger partial charge in [-0.15, -0.1) is 0 Å². The second-order valence-corrected chi connectivity index (χ2v) is 30.9. The van der Waals surface area contributed by atoms with Crippen molar-refractivity contribution in [3.8, 4) is 72.8 Å². The SMILES string of the molecule is C=[N-].CC1(C)c2cc3c(cc2-c2cc4c(cc21)-c1c(cc(Br)c2ccccc12)C4(C)C)C(C)(C)c1cc(Br)c2ccccc2c1-3.II.[C-]#[N+]c1cc2c(c3ccccc13)-c1cc3c(cc1C2(C)C)-c1cc2c(cc1C3(C)C)-c1c(cc(C#N)c3ccccc13)C2(C)C. The monoisotopic (exact) mass is 1540 g/mol. The maximum Gasteiger partial charge on any atom is 0.195 e. The molecule has 18 rings (SSSR count). The van der Waals surface area contributed by atoms with Gasteiger partial charge in [0, 0.05) is 84.1 Å². The molecule has 3 nitrogen and oxygen atoms in total. The Bertz CT molecular complexity index is 5140. The van der Waals surface area contributed by atoms with Crippen LogP contribution in [0.25, 0.3) is 120 Å². The summed E-state index contributed by atoms with van der Waals surface area (Å²) in [4.78, 5) is 3.95. The fraction of sp³-hybridized carbons (Fsp3) is 0.212. The number of benzene rings is 12. The minimum Gasteiger partial charge on any atom is -0.817 e. The Balaban J connectivity index is 0.000000145. The lowest BCUT2D eigenvalue weighted by atomic mass is 9.78. The fourth-order valence-electron chi connectivity index (χ4n) is 17.8. The van der Waals surface area contributed by atoms with Crippen LogP contribution in [-0.4, -0.2) is 6.72 Å². The summed E-state index contributed by atoms with van der Waals surface area (Å²) >= 11 is 12.1. The first kappa shape index (κ1) is 61.0. The molecular formula is C85H66Br2I2N3-. The van der Waals surface area contributed by atoms with Gasteiger partial charge in [0.2, 0.25) is 0 Å². The third-order valence-electron chi connectivity index (χ3n) is 22.7. The lowest BCUT2D eigenvalue weighted by Crippen LogP contribution is -2.17. The molecule has 0 saturated carbocycles. The van der Waals surface area contributed by atoms with Gasteiger partial charge < -0.3 is 5.41 Å². The molecule has 0 radical (unpaired) electrons. The van der Waals surface area contributed by atoms with Gasteiger partial charge in [-0.1, -0.05) is 218 Å². The van der Waals surface area contributed by atoms with Gasteiger partial charge in [0.05, 0.1) is 18.2 Å². The van der Waals surface area contributed by atoms with Crippen LogP contribution in [0.1, 0.15) is 155 Å². The molecule has 450 valence electrons. The third-order valence-corrected chi connectivity index (χ3v) is 24.0. The van der Waals surface area contributed by atoms with E-state index in [-0.39, 0.29) is 32.5 Å². The van der Waals surface area contributed by atoms with Crippen molar-refractivity contribution < 1.29 is 0 Å². The van der Waals surface area contributed by atoms with E-state index in [1.165, 1.54) is 169 Å². The minimum absolute atomic E-state index is 0.0867. The fourth-order valence-corrected chi connectivity index (χ4v) is 19.0. The first-order valence-corrected chi connectivity index (χ1v) is 39.4. The van der Waals surface area contributed by atoms with Crippen LogP contribution in [0.4, 0.5) is 5.69 Å². The summed E-state index contributed by atoms with van der Waals surface area (Å²) in [5, 5.41) is 26.4. The van der Waals surface area contributed by atoms with Crippen LogP contribution in [0.5, 0.6) is 0 Å². The van der Waals surface area contributed by atoms with Gasteiger partial charge in [0.1, 0.15) is 0 Å². The van der Waals surface area contributed by atoms with Crippen molar-refractivity contribution >= 4 is 125 Å². The Morgan fingerprint density at radius 1 is 0.337 bits per heavy atom. The van der Waals surface area contributed by atoms with Gasteiger partial charge in [0.15, 0.2) is 5.69 Å². The molecule has 0 bridgehead atoms. The van der Waals surface area contributed by atoms with Crippen molar-refractivity contribution in [2.24, 2.45) is 0 Å². The predicted octanol–water partition coefficient (Wildman–Crippen LogP) is 25.8. The van der Waals surface area contributed by atoms with Crippen molar-refractivity contribution in [3.63, 3.8) is 0 Å². The number of nitriles is 1. The summed E-state index contributed by atoms with van der Waals surface area (Å²) in [6, 6.07) is 66.1. The van der Waals surface area contributed by atoms with Gasteiger partial charge >= 0.3 is 0 Å². The molecule has 0 spiro atoms. The largest absolute Gasteiger partial charge is 0.817 e.